The highest BCUT2D eigenvalue weighted by Gasteiger charge is 2.12. The topological polar surface area (TPSA) is 33.3 Å². The molecule has 4 aromatic rings. The van der Waals surface area contributed by atoms with E-state index in [-0.39, 0.29) is 5.88 Å². The quantitative estimate of drug-likeness (QED) is 0.609. The van der Waals surface area contributed by atoms with Crippen LogP contribution in [0.25, 0.3) is 27.4 Å². The number of rotatable bonds is 2. The molecule has 116 valence electrons. The van der Waals surface area contributed by atoms with Gasteiger partial charge in [-0.25, -0.2) is 0 Å². The molecule has 0 amide bonds. The molecule has 0 spiro atoms. The van der Waals surface area contributed by atoms with Gasteiger partial charge in [-0.05, 0) is 35.7 Å². The van der Waals surface area contributed by atoms with Crippen LogP contribution in [0, 0.1) is 0 Å². The lowest BCUT2D eigenvalue weighted by Crippen LogP contribution is -2.07. The Morgan fingerprint density at radius 3 is 2.52 bits per heavy atom. The normalized spacial score (nSPS) is 11.4. The summed E-state index contributed by atoms with van der Waals surface area (Å²) in [4.78, 5) is 2.03. The summed E-state index contributed by atoms with van der Waals surface area (Å²) >= 11 is 0. The van der Waals surface area contributed by atoms with Gasteiger partial charge in [0.25, 0.3) is 0 Å². The summed E-state index contributed by atoms with van der Waals surface area (Å²) in [5.74, 6) is 0.275. The first-order chi connectivity index (χ1) is 11.0. The Balaban J connectivity index is 1.93. The summed E-state index contributed by atoms with van der Waals surface area (Å²) in [6.07, 6.45) is 4.03. The summed E-state index contributed by atoms with van der Waals surface area (Å²) in [7, 11) is 6.03. The van der Waals surface area contributed by atoms with E-state index in [2.05, 4.69) is 28.8 Å². The lowest BCUT2D eigenvalue weighted by molar-refractivity contribution is 0.448. The van der Waals surface area contributed by atoms with E-state index < -0.39 is 0 Å². The van der Waals surface area contributed by atoms with Crippen molar-refractivity contribution in [1.29, 1.82) is 0 Å². The summed E-state index contributed by atoms with van der Waals surface area (Å²) in [6.45, 7) is 0. The van der Waals surface area contributed by atoms with Crippen molar-refractivity contribution in [3.8, 4) is 11.6 Å². The summed E-state index contributed by atoms with van der Waals surface area (Å²) in [6, 6.07) is 14.4. The number of aromatic hydroxyl groups is 1. The molecule has 0 saturated carbocycles. The van der Waals surface area contributed by atoms with Crippen molar-refractivity contribution in [3.05, 3.63) is 54.9 Å². The van der Waals surface area contributed by atoms with E-state index in [0.717, 1.165) is 27.7 Å². The van der Waals surface area contributed by atoms with Gasteiger partial charge in [0.1, 0.15) is 0 Å². The molecule has 4 heteroatoms. The molecule has 0 aliphatic rings. The summed E-state index contributed by atoms with van der Waals surface area (Å²) < 4.78 is 3.93. The van der Waals surface area contributed by atoms with Crippen molar-refractivity contribution in [1.82, 2.24) is 9.13 Å². The van der Waals surface area contributed by atoms with Crippen LogP contribution in [0.15, 0.2) is 54.9 Å². The molecular formula is C19H19N3O. The van der Waals surface area contributed by atoms with Crippen molar-refractivity contribution in [2.45, 2.75) is 0 Å². The maximum absolute atomic E-state index is 10.7. The SMILES string of the molecule is CN(C)c1ccc2cn(-c3ccc4ccn(C)c4c3)c(O)c2c1. The van der Waals surface area contributed by atoms with Gasteiger partial charge in [0.15, 0.2) is 0 Å². The fourth-order valence-electron chi connectivity index (χ4n) is 3.06. The molecule has 2 aromatic carbocycles. The predicted octanol–water partition coefficient (Wildman–Crippen LogP) is 3.89. The maximum Gasteiger partial charge on any atom is 0.203 e. The van der Waals surface area contributed by atoms with Crippen LogP contribution < -0.4 is 4.90 Å². The molecule has 0 radical (unpaired) electrons. The Morgan fingerprint density at radius 1 is 0.957 bits per heavy atom. The molecule has 4 rings (SSSR count). The lowest BCUT2D eigenvalue weighted by atomic mass is 10.2. The third-order valence-electron chi connectivity index (χ3n) is 4.44. The average molecular weight is 305 g/mol. The highest BCUT2D eigenvalue weighted by atomic mass is 16.3. The monoisotopic (exact) mass is 305 g/mol. The average Bonchev–Trinajstić information content (AvgIpc) is 3.08. The third-order valence-corrected chi connectivity index (χ3v) is 4.44. The van der Waals surface area contributed by atoms with E-state index in [4.69, 9.17) is 0 Å². The van der Waals surface area contributed by atoms with Crippen LogP contribution in [0.1, 0.15) is 0 Å². The first-order valence-corrected chi connectivity index (χ1v) is 7.61. The van der Waals surface area contributed by atoms with Crippen LogP contribution in [0.3, 0.4) is 0 Å². The van der Waals surface area contributed by atoms with Crippen LogP contribution in [0.5, 0.6) is 5.88 Å². The van der Waals surface area contributed by atoms with Gasteiger partial charge < -0.3 is 14.6 Å². The Morgan fingerprint density at radius 2 is 1.74 bits per heavy atom. The Bertz CT molecular complexity index is 1020. The molecule has 0 unspecified atom stereocenters. The first-order valence-electron chi connectivity index (χ1n) is 7.61. The van der Waals surface area contributed by atoms with Gasteiger partial charge in [0, 0.05) is 55.5 Å². The molecule has 0 aliphatic heterocycles. The van der Waals surface area contributed by atoms with E-state index in [1.165, 1.54) is 5.39 Å². The van der Waals surface area contributed by atoms with Crippen molar-refractivity contribution in [2.24, 2.45) is 7.05 Å². The minimum absolute atomic E-state index is 0.275. The largest absolute Gasteiger partial charge is 0.494 e. The van der Waals surface area contributed by atoms with Crippen LogP contribution >= 0.6 is 0 Å². The molecule has 0 bridgehead atoms. The van der Waals surface area contributed by atoms with Crippen LogP contribution in [0.4, 0.5) is 5.69 Å². The second-order valence-corrected chi connectivity index (χ2v) is 6.16. The van der Waals surface area contributed by atoms with E-state index in [9.17, 15) is 5.11 Å². The number of benzene rings is 2. The number of hydrogen-bond acceptors (Lipinski definition) is 2. The molecule has 0 atom stereocenters. The number of anilines is 1. The fourth-order valence-corrected chi connectivity index (χ4v) is 3.06. The Kier molecular flexibility index (Phi) is 2.88. The van der Waals surface area contributed by atoms with E-state index in [1.54, 1.807) is 0 Å². The van der Waals surface area contributed by atoms with Gasteiger partial charge >= 0.3 is 0 Å². The molecule has 23 heavy (non-hydrogen) atoms. The second kappa shape index (κ2) is 4.81. The molecule has 2 aromatic heterocycles. The molecular weight excluding hydrogens is 286 g/mol. The lowest BCUT2D eigenvalue weighted by Gasteiger charge is -2.11. The van der Waals surface area contributed by atoms with E-state index in [1.807, 2.05) is 61.2 Å². The van der Waals surface area contributed by atoms with Gasteiger partial charge in [-0.3, -0.25) is 4.57 Å². The van der Waals surface area contributed by atoms with Gasteiger partial charge in [-0.15, -0.1) is 0 Å². The smallest absolute Gasteiger partial charge is 0.203 e. The maximum atomic E-state index is 10.7. The van der Waals surface area contributed by atoms with Gasteiger partial charge in [0.2, 0.25) is 5.88 Å². The number of aromatic nitrogens is 2. The van der Waals surface area contributed by atoms with Crippen molar-refractivity contribution >= 4 is 27.4 Å². The zero-order valence-electron chi connectivity index (χ0n) is 13.5. The molecule has 1 N–H and O–H groups in total. The minimum Gasteiger partial charge on any atom is -0.494 e. The number of nitrogens with zero attached hydrogens (tertiary/aromatic N) is 3. The zero-order chi connectivity index (χ0) is 16.1. The fraction of sp³-hybridized carbons (Fsp3) is 0.158. The van der Waals surface area contributed by atoms with Crippen molar-refractivity contribution < 1.29 is 5.11 Å². The zero-order valence-corrected chi connectivity index (χ0v) is 13.5. The number of fused-ring (bicyclic) bond motifs is 2. The van der Waals surface area contributed by atoms with E-state index in [0.29, 0.717) is 0 Å². The van der Waals surface area contributed by atoms with Crippen LogP contribution in [-0.4, -0.2) is 28.3 Å². The van der Waals surface area contributed by atoms with Gasteiger partial charge in [-0.2, -0.15) is 0 Å². The highest BCUT2D eigenvalue weighted by Crippen LogP contribution is 2.33. The Hall–Kier alpha value is -2.88. The minimum atomic E-state index is 0.275. The summed E-state index contributed by atoms with van der Waals surface area (Å²) in [5.41, 5.74) is 3.18. The molecule has 0 saturated heterocycles. The van der Waals surface area contributed by atoms with Crippen molar-refractivity contribution in [2.75, 3.05) is 19.0 Å². The highest BCUT2D eigenvalue weighted by molar-refractivity contribution is 5.92. The summed E-state index contributed by atoms with van der Waals surface area (Å²) in [5, 5.41) is 13.8. The number of aryl methyl sites for hydroxylation is 1. The van der Waals surface area contributed by atoms with Gasteiger partial charge in [0.05, 0.1) is 5.69 Å². The van der Waals surface area contributed by atoms with Crippen LogP contribution in [-0.2, 0) is 7.05 Å². The van der Waals surface area contributed by atoms with Crippen LogP contribution in [0.2, 0.25) is 0 Å². The van der Waals surface area contributed by atoms with Crippen molar-refractivity contribution in [3.63, 3.8) is 0 Å². The standard InChI is InChI=1S/C19H19N3O/c1-20(2)15-6-5-14-12-22(19(23)17(14)10-15)16-7-4-13-8-9-21(3)18(13)11-16/h4-12,23H,1-3H3. The number of hydrogen-bond donors (Lipinski definition) is 1. The predicted molar refractivity (Wildman–Crippen MR) is 95.7 cm³/mol. The first kappa shape index (κ1) is 13.8. The van der Waals surface area contributed by atoms with E-state index >= 15 is 0 Å². The molecule has 4 nitrogen and oxygen atoms in total. The Labute approximate surface area is 134 Å². The third kappa shape index (κ3) is 2.06. The second-order valence-electron chi connectivity index (χ2n) is 6.16. The molecule has 0 fully saturated rings. The molecule has 0 aliphatic carbocycles. The van der Waals surface area contributed by atoms with Gasteiger partial charge in [-0.1, -0.05) is 12.1 Å². The molecule has 2 heterocycles.